The van der Waals surface area contributed by atoms with Gasteiger partial charge in [-0.25, -0.2) is 15.0 Å². The van der Waals surface area contributed by atoms with Gasteiger partial charge in [0.15, 0.2) is 0 Å². The Morgan fingerprint density at radius 1 is 1.23 bits per heavy atom. The summed E-state index contributed by atoms with van der Waals surface area (Å²) in [5, 5.41) is 0.827. The fraction of sp³-hybridized carbons (Fsp3) is 0.357. The van der Waals surface area contributed by atoms with E-state index >= 15 is 0 Å². The van der Waals surface area contributed by atoms with Gasteiger partial charge in [-0.05, 0) is 56.7 Å². The van der Waals surface area contributed by atoms with E-state index in [-0.39, 0.29) is 17.9 Å². The summed E-state index contributed by atoms with van der Waals surface area (Å²) in [4.78, 5) is 28.5. The highest BCUT2D eigenvalue weighted by atomic mass is 16.2. The molecule has 1 aliphatic heterocycles. The van der Waals surface area contributed by atoms with E-state index in [9.17, 15) is 4.79 Å². The molecular formula is C28H28N6O. The van der Waals surface area contributed by atoms with E-state index in [0.29, 0.717) is 17.9 Å². The first-order valence-corrected chi connectivity index (χ1v) is 11.9. The van der Waals surface area contributed by atoms with Gasteiger partial charge in [0.1, 0.15) is 23.5 Å². The molecule has 0 bridgehead atoms. The molecule has 0 spiro atoms. The highest BCUT2D eigenvalue weighted by Crippen LogP contribution is 2.43. The Hall–Kier alpha value is -4.10. The van der Waals surface area contributed by atoms with E-state index in [0.717, 1.165) is 71.3 Å². The molecule has 176 valence electrons. The molecule has 1 unspecified atom stereocenters. The molecule has 7 nitrogen and oxygen atoms in total. The van der Waals surface area contributed by atoms with Crippen LogP contribution in [0.4, 0.5) is 5.82 Å². The monoisotopic (exact) mass is 464 g/mol. The molecule has 3 aromatic heterocycles. The van der Waals surface area contributed by atoms with Crippen molar-refractivity contribution in [2.45, 2.75) is 45.1 Å². The lowest BCUT2D eigenvalue weighted by atomic mass is 9.84. The number of nitrogens with zero attached hydrogens (tertiary/aromatic N) is 5. The van der Waals surface area contributed by atoms with Crippen LogP contribution in [0.1, 0.15) is 49.1 Å². The second-order valence-electron chi connectivity index (χ2n) is 9.27. The highest BCUT2D eigenvalue weighted by molar-refractivity contribution is 6.04. The van der Waals surface area contributed by atoms with Crippen LogP contribution >= 0.6 is 0 Å². The lowest BCUT2D eigenvalue weighted by molar-refractivity contribution is -0.135. The number of pyridine rings is 1. The number of fused-ring (bicyclic) bond motifs is 1. The summed E-state index contributed by atoms with van der Waals surface area (Å²) < 4.78 is 2.04. The Morgan fingerprint density at radius 2 is 2.06 bits per heavy atom. The molecule has 1 saturated heterocycles. The van der Waals surface area contributed by atoms with Crippen molar-refractivity contribution in [3.63, 3.8) is 0 Å². The number of aromatic nitrogens is 4. The Morgan fingerprint density at radius 3 is 2.74 bits per heavy atom. The lowest BCUT2D eigenvalue weighted by Crippen LogP contribution is -2.39. The minimum Gasteiger partial charge on any atom is -0.383 e. The van der Waals surface area contributed by atoms with Gasteiger partial charge in [-0.2, -0.15) is 0 Å². The zero-order chi connectivity index (χ0) is 24.7. The average molecular weight is 465 g/mol. The number of likely N-dealkylation sites (tertiary alicyclic amines) is 1. The van der Waals surface area contributed by atoms with Gasteiger partial charge in [0.2, 0.25) is 5.91 Å². The van der Waals surface area contributed by atoms with Gasteiger partial charge < -0.3 is 15.2 Å². The topological polar surface area (TPSA) is 89.9 Å². The Balaban J connectivity index is 1.58. The second kappa shape index (κ2) is 8.92. The molecule has 2 atom stereocenters. The highest BCUT2D eigenvalue weighted by Gasteiger charge is 2.34. The van der Waals surface area contributed by atoms with Crippen molar-refractivity contribution in [2.24, 2.45) is 13.0 Å². The minimum atomic E-state index is -0.0732. The molecule has 0 radical (unpaired) electrons. The maximum Gasteiger partial charge on any atom is 0.227 e. The van der Waals surface area contributed by atoms with E-state index in [1.807, 2.05) is 35.6 Å². The molecule has 0 aromatic carbocycles. The smallest absolute Gasteiger partial charge is 0.227 e. The molecule has 2 aliphatic rings. The molecule has 1 aliphatic carbocycles. The van der Waals surface area contributed by atoms with Crippen molar-refractivity contribution < 1.29 is 4.79 Å². The van der Waals surface area contributed by atoms with Gasteiger partial charge in [0.25, 0.3) is 0 Å². The second-order valence-corrected chi connectivity index (χ2v) is 9.27. The molecule has 0 saturated carbocycles. The number of carbonyl (C=O) groups excluding carboxylic acids is 1. The molecule has 4 heterocycles. The lowest BCUT2D eigenvalue weighted by Gasteiger charge is -2.28. The van der Waals surface area contributed by atoms with Crippen LogP contribution in [-0.4, -0.2) is 42.9 Å². The number of hydrogen-bond donors (Lipinski definition) is 1. The van der Waals surface area contributed by atoms with Crippen molar-refractivity contribution in [3.05, 3.63) is 41.5 Å². The zero-order valence-corrected chi connectivity index (χ0v) is 20.1. The third-order valence-electron chi connectivity index (χ3n) is 7.29. The fourth-order valence-corrected chi connectivity index (χ4v) is 5.52. The first-order chi connectivity index (χ1) is 16.9. The first kappa shape index (κ1) is 22.7. The number of terminal acetylenes is 2. The SMILES string of the molecule is C#Cc1ccc(-c2c(C3=CC[C@@H](C(=O)N4CCCC4C#C)CC3)c3c(N)ncnc3n2C)c(C)n1. The summed E-state index contributed by atoms with van der Waals surface area (Å²) in [5.41, 5.74) is 12.7. The molecule has 2 N–H and O–H groups in total. The van der Waals surface area contributed by atoms with Gasteiger partial charge in [-0.3, -0.25) is 4.79 Å². The number of anilines is 1. The molecule has 1 amide bonds. The summed E-state index contributed by atoms with van der Waals surface area (Å²) in [6.07, 6.45) is 18.9. The predicted octanol–water partition coefficient (Wildman–Crippen LogP) is 3.71. The summed E-state index contributed by atoms with van der Waals surface area (Å²) >= 11 is 0. The third-order valence-corrected chi connectivity index (χ3v) is 7.29. The van der Waals surface area contributed by atoms with Gasteiger partial charge in [0.05, 0.1) is 17.1 Å². The zero-order valence-electron chi connectivity index (χ0n) is 20.1. The molecule has 35 heavy (non-hydrogen) atoms. The van der Waals surface area contributed by atoms with Crippen LogP contribution in [0.25, 0.3) is 27.9 Å². The number of allylic oxidation sites excluding steroid dienone is 2. The maximum absolute atomic E-state index is 13.2. The predicted molar refractivity (Wildman–Crippen MR) is 138 cm³/mol. The summed E-state index contributed by atoms with van der Waals surface area (Å²) in [5.74, 6) is 5.93. The van der Waals surface area contributed by atoms with E-state index in [2.05, 4.69) is 32.9 Å². The standard InChI is InChI=1S/C28H28N6O/c1-5-20-13-14-22(17(3)32-20)25-23(24-26(29)30-16-31-27(24)33(25)4)18-9-11-19(12-10-18)28(35)34-15-7-8-21(34)6-2/h1-2,9,13-14,16,19,21H,7-8,10-12,15H2,3-4H3,(H2,29,30,31)/t19-,21?/m1/s1. The van der Waals surface area contributed by atoms with Gasteiger partial charge in [-0.15, -0.1) is 12.8 Å². The van der Waals surface area contributed by atoms with Gasteiger partial charge >= 0.3 is 0 Å². The van der Waals surface area contributed by atoms with Crippen molar-refractivity contribution >= 4 is 28.3 Å². The van der Waals surface area contributed by atoms with Crippen molar-refractivity contribution in [1.29, 1.82) is 0 Å². The summed E-state index contributed by atoms with van der Waals surface area (Å²) in [6, 6.07) is 3.78. The van der Waals surface area contributed by atoms with E-state index < -0.39 is 0 Å². The Bertz CT molecular complexity index is 1450. The van der Waals surface area contributed by atoms with Crippen LogP contribution in [0.3, 0.4) is 0 Å². The number of nitrogen functional groups attached to an aromatic ring is 1. The molecule has 5 rings (SSSR count). The Kier molecular flexibility index (Phi) is 5.78. The van der Waals surface area contributed by atoms with Crippen LogP contribution in [0.2, 0.25) is 0 Å². The Labute approximate surface area is 205 Å². The number of aryl methyl sites for hydroxylation is 2. The molecule has 3 aromatic rings. The number of amides is 1. The number of hydrogen-bond acceptors (Lipinski definition) is 5. The molecule has 7 heteroatoms. The van der Waals surface area contributed by atoms with Crippen LogP contribution in [-0.2, 0) is 11.8 Å². The number of rotatable bonds is 3. The van der Waals surface area contributed by atoms with Crippen LogP contribution in [0.5, 0.6) is 0 Å². The van der Waals surface area contributed by atoms with Gasteiger partial charge in [0, 0.05) is 36.3 Å². The minimum absolute atomic E-state index is 0.0574. The van der Waals surface area contributed by atoms with Crippen LogP contribution < -0.4 is 5.73 Å². The summed E-state index contributed by atoms with van der Waals surface area (Å²) in [7, 11) is 1.98. The number of carbonyl (C=O) groups is 1. The quantitative estimate of drug-likeness (QED) is 0.597. The number of nitrogens with two attached hydrogens (primary N) is 1. The molecule has 1 fully saturated rings. The van der Waals surface area contributed by atoms with Crippen molar-refractivity contribution in [2.75, 3.05) is 12.3 Å². The van der Waals surface area contributed by atoms with Crippen LogP contribution in [0, 0.1) is 37.5 Å². The average Bonchev–Trinajstić information content (AvgIpc) is 3.47. The van der Waals surface area contributed by atoms with Crippen molar-refractivity contribution in [1.82, 2.24) is 24.4 Å². The van der Waals surface area contributed by atoms with Crippen LogP contribution in [0.15, 0.2) is 24.5 Å². The van der Waals surface area contributed by atoms with E-state index in [1.165, 1.54) is 6.33 Å². The third kappa shape index (κ3) is 3.74. The van der Waals surface area contributed by atoms with Crippen molar-refractivity contribution in [3.8, 4) is 35.9 Å². The largest absolute Gasteiger partial charge is 0.383 e. The van der Waals surface area contributed by atoms with E-state index in [4.69, 9.17) is 18.6 Å². The summed E-state index contributed by atoms with van der Waals surface area (Å²) in [6.45, 7) is 2.70. The first-order valence-electron chi connectivity index (χ1n) is 11.9. The normalized spacial score (nSPS) is 19.9. The van der Waals surface area contributed by atoms with Gasteiger partial charge in [-0.1, -0.05) is 17.9 Å². The van der Waals surface area contributed by atoms with E-state index in [1.54, 1.807) is 0 Å². The fourth-order valence-electron chi connectivity index (χ4n) is 5.52. The molecular weight excluding hydrogens is 436 g/mol. The maximum atomic E-state index is 13.2.